The minimum Gasteiger partial charge on any atom is -0.379 e. The summed E-state index contributed by atoms with van der Waals surface area (Å²) < 4.78 is 10.7. The number of morpholine rings is 2. The molecular weight excluding hydrogens is 348 g/mol. The van der Waals surface area contributed by atoms with Crippen molar-refractivity contribution >= 4 is 23.2 Å². The van der Waals surface area contributed by atoms with Gasteiger partial charge in [-0.2, -0.15) is 0 Å². The van der Waals surface area contributed by atoms with E-state index in [1.807, 2.05) is 24.3 Å². The Kier molecular flexibility index (Phi) is 7.44. The topological polar surface area (TPSA) is 83.1 Å². The van der Waals surface area contributed by atoms with Gasteiger partial charge in [0, 0.05) is 32.7 Å². The van der Waals surface area contributed by atoms with Crippen molar-refractivity contribution in [3.63, 3.8) is 0 Å². The minimum absolute atomic E-state index is 0.481. The Hall–Kier alpha value is -2.16. The highest BCUT2D eigenvalue weighted by atomic mass is 16.5. The highest BCUT2D eigenvalue weighted by Crippen LogP contribution is 2.26. The van der Waals surface area contributed by atoms with E-state index in [2.05, 4.69) is 20.4 Å². The molecule has 0 aromatic heterocycles. The summed E-state index contributed by atoms with van der Waals surface area (Å²) in [7, 11) is 0. The van der Waals surface area contributed by atoms with Crippen LogP contribution < -0.4 is 15.5 Å². The molecule has 0 atom stereocenters. The number of carbonyl (C=O) groups is 2. The number of hydrogen-bond donors (Lipinski definition) is 2. The molecule has 1 aromatic rings. The molecule has 2 heterocycles. The SMILES string of the molecule is O=C(NCCCN1CCOCC1)C(=O)Nc1ccccc1N1CCOCC1. The highest BCUT2D eigenvalue weighted by molar-refractivity contribution is 6.39. The van der Waals surface area contributed by atoms with Gasteiger partial charge in [0.15, 0.2) is 0 Å². The number of nitrogens with one attached hydrogen (secondary N) is 2. The van der Waals surface area contributed by atoms with Gasteiger partial charge in [-0.3, -0.25) is 14.5 Å². The Morgan fingerprint density at radius 2 is 1.59 bits per heavy atom. The van der Waals surface area contributed by atoms with Crippen molar-refractivity contribution < 1.29 is 19.1 Å². The van der Waals surface area contributed by atoms with Crippen LogP contribution in [0.5, 0.6) is 0 Å². The number of rotatable bonds is 6. The molecule has 148 valence electrons. The number of anilines is 2. The van der Waals surface area contributed by atoms with Crippen LogP contribution in [-0.4, -0.2) is 82.4 Å². The van der Waals surface area contributed by atoms with E-state index in [0.29, 0.717) is 25.4 Å². The lowest BCUT2D eigenvalue weighted by Crippen LogP contribution is -2.40. The van der Waals surface area contributed by atoms with Crippen LogP contribution in [0, 0.1) is 0 Å². The zero-order valence-electron chi connectivity index (χ0n) is 15.6. The number of nitrogens with zero attached hydrogens (tertiary/aromatic N) is 2. The molecule has 2 saturated heterocycles. The Bertz CT molecular complexity index is 628. The maximum absolute atomic E-state index is 12.3. The first-order chi connectivity index (χ1) is 13.2. The van der Waals surface area contributed by atoms with Gasteiger partial charge in [-0.1, -0.05) is 12.1 Å². The van der Waals surface area contributed by atoms with E-state index in [-0.39, 0.29) is 0 Å². The van der Waals surface area contributed by atoms with Gasteiger partial charge >= 0.3 is 11.8 Å². The first-order valence-corrected chi connectivity index (χ1v) is 9.55. The summed E-state index contributed by atoms with van der Waals surface area (Å²) in [5, 5.41) is 5.44. The zero-order chi connectivity index (χ0) is 18.9. The molecule has 2 aliphatic rings. The maximum Gasteiger partial charge on any atom is 0.313 e. The monoisotopic (exact) mass is 376 g/mol. The number of benzene rings is 1. The van der Waals surface area contributed by atoms with Crippen molar-refractivity contribution in [3.05, 3.63) is 24.3 Å². The quantitative estimate of drug-likeness (QED) is 0.549. The molecule has 0 saturated carbocycles. The molecule has 0 spiro atoms. The Balaban J connectivity index is 1.44. The maximum atomic E-state index is 12.3. The van der Waals surface area contributed by atoms with Gasteiger partial charge in [0.1, 0.15) is 0 Å². The predicted octanol–water partition coefficient (Wildman–Crippen LogP) is 0.300. The lowest BCUT2D eigenvalue weighted by Gasteiger charge is -2.30. The van der Waals surface area contributed by atoms with Crippen LogP contribution in [0.4, 0.5) is 11.4 Å². The van der Waals surface area contributed by atoms with Crippen molar-refractivity contribution in [1.29, 1.82) is 0 Å². The lowest BCUT2D eigenvalue weighted by molar-refractivity contribution is -0.136. The molecule has 2 N–H and O–H groups in total. The second kappa shape index (κ2) is 10.2. The molecule has 0 aliphatic carbocycles. The van der Waals surface area contributed by atoms with Gasteiger partial charge in [-0.15, -0.1) is 0 Å². The smallest absolute Gasteiger partial charge is 0.313 e. The molecule has 2 fully saturated rings. The first kappa shape index (κ1) is 19.6. The van der Waals surface area contributed by atoms with E-state index < -0.39 is 11.8 Å². The fraction of sp³-hybridized carbons (Fsp3) is 0.579. The third-order valence-electron chi connectivity index (χ3n) is 4.75. The van der Waals surface area contributed by atoms with Crippen LogP contribution in [-0.2, 0) is 19.1 Å². The number of ether oxygens (including phenoxy) is 2. The summed E-state index contributed by atoms with van der Waals surface area (Å²) in [6, 6.07) is 7.53. The summed E-state index contributed by atoms with van der Waals surface area (Å²) in [5.41, 5.74) is 1.56. The van der Waals surface area contributed by atoms with E-state index in [9.17, 15) is 9.59 Å². The van der Waals surface area contributed by atoms with Gasteiger partial charge in [-0.25, -0.2) is 0 Å². The van der Waals surface area contributed by atoms with E-state index in [1.54, 1.807) is 0 Å². The number of para-hydroxylation sites is 2. The standard InChI is InChI=1S/C19H28N4O4/c24-18(20-6-3-7-22-8-12-26-13-9-22)19(25)21-16-4-1-2-5-17(16)23-10-14-27-15-11-23/h1-2,4-5H,3,6-15H2,(H,20,24)(H,21,25). The van der Waals surface area contributed by atoms with Gasteiger partial charge < -0.3 is 25.0 Å². The predicted molar refractivity (Wildman–Crippen MR) is 103 cm³/mol. The van der Waals surface area contributed by atoms with Gasteiger partial charge in [-0.05, 0) is 25.1 Å². The van der Waals surface area contributed by atoms with Crippen LogP contribution in [0.3, 0.4) is 0 Å². The van der Waals surface area contributed by atoms with Crippen molar-refractivity contribution in [2.45, 2.75) is 6.42 Å². The fourth-order valence-corrected chi connectivity index (χ4v) is 3.25. The number of hydrogen-bond acceptors (Lipinski definition) is 6. The van der Waals surface area contributed by atoms with Crippen LogP contribution in [0.25, 0.3) is 0 Å². The molecule has 0 unspecified atom stereocenters. The van der Waals surface area contributed by atoms with Crippen LogP contribution in [0.15, 0.2) is 24.3 Å². The van der Waals surface area contributed by atoms with Crippen LogP contribution in [0.2, 0.25) is 0 Å². The highest BCUT2D eigenvalue weighted by Gasteiger charge is 2.19. The molecule has 8 nitrogen and oxygen atoms in total. The molecule has 8 heteroatoms. The number of amides is 2. The summed E-state index contributed by atoms with van der Waals surface area (Å²) in [6.07, 6.45) is 0.809. The third kappa shape index (κ3) is 5.92. The number of carbonyl (C=O) groups excluding carboxylic acids is 2. The fourth-order valence-electron chi connectivity index (χ4n) is 3.25. The van der Waals surface area contributed by atoms with Crippen molar-refractivity contribution in [2.75, 3.05) is 75.9 Å². The summed E-state index contributed by atoms with van der Waals surface area (Å²) in [5.74, 6) is -1.24. The van der Waals surface area contributed by atoms with Gasteiger partial charge in [0.05, 0.1) is 37.8 Å². The molecule has 27 heavy (non-hydrogen) atoms. The Morgan fingerprint density at radius 1 is 0.926 bits per heavy atom. The Labute approximate surface area is 159 Å². The molecular formula is C19H28N4O4. The summed E-state index contributed by atoms with van der Waals surface area (Å²) in [6.45, 7) is 7.59. The van der Waals surface area contributed by atoms with Crippen LogP contribution in [0.1, 0.15) is 6.42 Å². The second-order valence-electron chi connectivity index (χ2n) is 6.63. The first-order valence-electron chi connectivity index (χ1n) is 9.55. The van der Waals surface area contributed by atoms with Crippen molar-refractivity contribution in [3.8, 4) is 0 Å². The summed E-state index contributed by atoms with van der Waals surface area (Å²) in [4.78, 5) is 28.8. The van der Waals surface area contributed by atoms with Gasteiger partial charge in [0.25, 0.3) is 0 Å². The van der Waals surface area contributed by atoms with E-state index >= 15 is 0 Å². The average Bonchev–Trinajstić information content (AvgIpc) is 2.73. The molecule has 3 rings (SSSR count). The van der Waals surface area contributed by atoms with E-state index in [4.69, 9.17) is 9.47 Å². The molecule has 2 aliphatic heterocycles. The molecule has 0 bridgehead atoms. The van der Waals surface area contributed by atoms with Gasteiger partial charge in [0.2, 0.25) is 0 Å². The minimum atomic E-state index is -0.637. The van der Waals surface area contributed by atoms with Crippen LogP contribution >= 0.6 is 0 Å². The average molecular weight is 376 g/mol. The molecule has 2 amide bonds. The van der Waals surface area contributed by atoms with E-state index in [0.717, 1.165) is 58.0 Å². The lowest BCUT2D eigenvalue weighted by atomic mass is 10.2. The zero-order valence-corrected chi connectivity index (χ0v) is 15.6. The normalized spacial score (nSPS) is 18.1. The van der Waals surface area contributed by atoms with E-state index in [1.165, 1.54) is 0 Å². The largest absolute Gasteiger partial charge is 0.379 e. The summed E-state index contributed by atoms with van der Waals surface area (Å²) >= 11 is 0. The molecule has 1 aromatic carbocycles. The second-order valence-corrected chi connectivity index (χ2v) is 6.63. The third-order valence-corrected chi connectivity index (χ3v) is 4.75. The molecule has 0 radical (unpaired) electrons. The van der Waals surface area contributed by atoms with Crippen molar-refractivity contribution in [1.82, 2.24) is 10.2 Å². The Morgan fingerprint density at radius 3 is 2.33 bits per heavy atom. The van der Waals surface area contributed by atoms with Crippen molar-refractivity contribution in [2.24, 2.45) is 0 Å².